The Bertz CT molecular complexity index is 339. The summed E-state index contributed by atoms with van der Waals surface area (Å²) < 4.78 is 0. The van der Waals surface area contributed by atoms with Crippen LogP contribution in [0, 0.1) is 0 Å². The molecule has 0 radical (unpaired) electrons. The molecule has 4 heteroatoms. The first-order valence-corrected chi connectivity index (χ1v) is 5.80. The second-order valence-electron chi connectivity index (χ2n) is 4.25. The van der Waals surface area contributed by atoms with E-state index >= 15 is 0 Å². The van der Waals surface area contributed by atoms with Gasteiger partial charge in [-0.05, 0) is 39.2 Å². The lowest BCUT2D eigenvalue weighted by molar-refractivity contribution is 0.402. The molecule has 3 nitrogen and oxygen atoms in total. The van der Waals surface area contributed by atoms with Crippen LogP contribution in [0.15, 0.2) is 18.2 Å². The third-order valence-corrected chi connectivity index (χ3v) is 2.87. The fraction of sp³-hybridized carbons (Fsp3) is 0.500. The monoisotopic (exact) mass is 241 g/mol. The van der Waals surface area contributed by atoms with Gasteiger partial charge in [0.05, 0.1) is 16.4 Å². The van der Waals surface area contributed by atoms with E-state index in [0.29, 0.717) is 10.7 Å². The quantitative estimate of drug-likeness (QED) is 0.803. The number of nitrogens with zero attached hydrogens (tertiary/aromatic N) is 2. The number of para-hydroxylation sites is 1. The molecule has 1 rings (SSSR count). The standard InChI is InChI=1S/C12H20ClN3/c1-15(2)8-5-9-16(3)11-7-4-6-10(13)12(11)14/h4,6-7H,5,8-9,14H2,1-3H3. The van der Waals surface area contributed by atoms with Crippen molar-refractivity contribution in [3.8, 4) is 0 Å². The Hall–Kier alpha value is -0.930. The number of nitrogen functional groups attached to an aromatic ring is 1. The van der Waals surface area contributed by atoms with Crippen molar-refractivity contribution >= 4 is 23.0 Å². The van der Waals surface area contributed by atoms with Crippen molar-refractivity contribution in [2.75, 3.05) is 44.9 Å². The van der Waals surface area contributed by atoms with Gasteiger partial charge in [-0.25, -0.2) is 0 Å². The summed E-state index contributed by atoms with van der Waals surface area (Å²) in [4.78, 5) is 4.32. The summed E-state index contributed by atoms with van der Waals surface area (Å²) in [5.41, 5.74) is 7.60. The van der Waals surface area contributed by atoms with Crippen molar-refractivity contribution < 1.29 is 0 Å². The molecule has 90 valence electrons. The summed E-state index contributed by atoms with van der Waals surface area (Å²) in [5, 5.41) is 0.622. The Balaban J connectivity index is 2.59. The van der Waals surface area contributed by atoms with Crippen LogP contribution in [-0.4, -0.2) is 39.1 Å². The predicted octanol–water partition coefficient (Wildman–Crippen LogP) is 2.31. The van der Waals surface area contributed by atoms with Gasteiger partial charge in [-0.3, -0.25) is 0 Å². The van der Waals surface area contributed by atoms with Crippen LogP contribution < -0.4 is 10.6 Å². The van der Waals surface area contributed by atoms with Crippen LogP contribution in [0.1, 0.15) is 6.42 Å². The molecular formula is C12H20ClN3. The van der Waals surface area contributed by atoms with E-state index in [-0.39, 0.29) is 0 Å². The molecule has 0 amide bonds. The van der Waals surface area contributed by atoms with Crippen LogP contribution in [0.4, 0.5) is 11.4 Å². The maximum absolute atomic E-state index is 5.98. The molecule has 0 aromatic heterocycles. The van der Waals surface area contributed by atoms with E-state index in [2.05, 4.69) is 23.9 Å². The van der Waals surface area contributed by atoms with Crippen molar-refractivity contribution in [1.29, 1.82) is 0 Å². The first kappa shape index (κ1) is 13.1. The van der Waals surface area contributed by atoms with E-state index in [1.807, 2.05) is 25.2 Å². The van der Waals surface area contributed by atoms with E-state index in [1.165, 1.54) is 0 Å². The molecule has 0 bridgehead atoms. The van der Waals surface area contributed by atoms with Gasteiger partial charge in [0.2, 0.25) is 0 Å². The molecule has 0 unspecified atom stereocenters. The van der Waals surface area contributed by atoms with Gasteiger partial charge in [0.25, 0.3) is 0 Å². The zero-order chi connectivity index (χ0) is 12.1. The Morgan fingerprint density at radius 3 is 2.50 bits per heavy atom. The lowest BCUT2D eigenvalue weighted by atomic mass is 10.2. The third kappa shape index (κ3) is 3.58. The van der Waals surface area contributed by atoms with Gasteiger partial charge < -0.3 is 15.5 Å². The summed E-state index contributed by atoms with van der Waals surface area (Å²) in [6, 6.07) is 5.74. The topological polar surface area (TPSA) is 32.5 Å². The van der Waals surface area contributed by atoms with Crippen LogP contribution in [0.5, 0.6) is 0 Å². The zero-order valence-corrected chi connectivity index (χ0v) is 11.0. The molecule has 0 spiro atoms. The fourth-order valence-electron chi connectivity index (χ4n) is 1.60. The SMILES string of the molecule is CN(C)CCCN(C)c1cccc(Cl)c1N. The molecule has 0 aliphatic rings. The van der Waals surface area contributed by atoms with E-state index in [4.69, 9.17) is 17.3 Å². The molecule has 0 atom stereocenters. The molecular weight excluding hydrogens is 222 g/mol. The van der Waals surface area contributed by atoms with Gasteiger partial charge in [-0.2, -0.15) is 0 Å². The van der Waals surface area contributed by atoms with E-state index < -0.39 is 0 Å². The first-order chi connectivity index (χ1) is 7.52. The van der Waals surface area contributed by atoms with Gasteiger partial charge in [-0.1, -0.05) is 17.7 Å². The third-order valence-electron chi connectivity index (χ3n) is 2.54. The lowest BCUT2D eigenvalue weighted by Crippen LogP contribution is -2.24. The Kier molecular flexibility index (Phi) is 4.90. The van der Waals surface area contributed by atoms with Crippen LogP contribution >= 0.6 is 11.6 Å². The van der Waals surface area contributed by atoms with Gasteiger partial charge in [0.1, 0.15) is 0 Å². The minimum absolute atomic E-state index is 0.622. The largest absolute Gasteiger partial charge is 0.396 e. The Labute approximate surface area is 103 Å². The van der Waals surface area contributed by atoms with Crippen LogP contribution in [0.25, 0.3) is 0 Å². The normalized spacial score (nSPS) is 10.8. The van der Waals surface area contributed by atoms with Crippen molar-refractivity contribution in [1.82, 2.24) is 4.90 Å². The summed E-state index contributed by atoms with van der Waals surface area (Å²) in [7, 11) is 6.19. The number of hydrogen-bond donors (Lipinski definition) is 1. The lowest BCUT2D eigenvalue weighted by Gasteiger charge is -2.22. The highest BCUT2D eigenvalue weighted by Crippen LogP contribution is 2.29. The summed E-state index contributed by atoms with van der Waals surface area (Å²) >= 11 is 5.98. The van der Waals surface area contributed by atoms with E-state index in [1.54, 1.807) is 0 Å². The van der Waals surface area contributed by atoms with Crippen LogP contribution in [0.3, 0.4) is 0 Å². The Morgan fingerprint density at radius 2 is 1.88 bits per heavy atom. The summed E-state index contributed by atoms with van der Waals surface area (Å²) in [5.74, 6) is 0. The molecule has 2 N–H and O–H groups in total. The van der Waals surface area contributed by atoms with Crippen molar-refractivity contribution in [3.05, 3.63) is 23.2 Å². The maximum atomic E-state index is 5.98. The fourth-order valence-corrected chi connectivity index (χ4v) is 1.77. The maximum Gasteiger partial charge on any atom is 0.0741 e. The second-order valence-corrected chi connectivity index (χ2v) is 4.66. The molecule has 0 fully saturated rings. The number of halogens is 1. The van der Waals surface area contributed by atoms with Gasteiger partial charge >= 0.3 is 0 Å². The van der Waals surface area contributed by atoms with E-state index in [0.717, 1.165) is 25.2 Å². The molecule has 1 aromatic carbocycles. The van der Waals surface area contributed by atoms with Crippen LogP contribution in [-0.2, 0) is 0 Å². The highest BCUT2D eigenvalue weighted by Gasteiger charge is 2.07. The molecule has 0 saturated carbocycles. The summed E-state index contributed by atoms with van der Waals surface area (Å²) in [6.45, 7) is 2.05. The molecule has 0 aliphatic heterocycles. The number of nitrogens with two attached hydrogens (primary N) is 1. The van der Waals surface area contributed by atoms with Gasteiger partial charge in [0, 0.05) is 13.6 Å². The highest BCUT2D eigenvalue weighted by molar-refractivity contribution is 6.33. The first-order valence-electron chi connectivity index (χ1n) is 5.42. The zero-order valence-electron chi connectivity index (χ0n) is 10.2. The van der Waals surface area contributed by atoms with Gasteiger partial charge in [0.15, 0.2) is 0 Å². The minimum atomic E-state index is 0.622. The number of rotatable bonds is 5. The van der Waals surface area contributed by atoms with Gasteiger partial charge in [-0.15, -0.1) is 0 Å². The molecule has 1 aromatic rings. The van der Waals surface area contributed by atoms with Crippen molar-refractivity contribution in [3.63, 3.8) is 0 Å². The number of benzene rings is 1. The number of hydrogen-bond acceptors (Lipinski definition) is 3. The molecule has 0 aliphatic carbocycles. The van der Waals surface area contributed by atoms with Crippen molar-refractivity contribution in [2.45, 2.75) is 6.42 Å². The number of anilines is 2. The molecule has 0 heterocycles. The molecule has 0 saturated heterocycles. The van der Waals surface area contributed by atoms with E-state index in [9.17, 15) is 0 Å². The van der Waals surface area contributed by atoms with Crippen molar-refractivity contribution in [2.24, 2.45) is 0 Å². The highest BCUT2D eigenvalue weighted by atomic mass is 35.5. The minimum Gasteiger partial charge on any atom is -0.396 e. The van der Waals surface area contributed by atoms with Crippen LogP contribution in [0.2, 0.25) is 5.02 Å². The molecule has 16 heavy (non-hydrogen) atoms. The second kappa shape index (κ2) is 5.97. The average molecular weight is 242 g/mol. The Morgan fingerprint density at radius 1 is 1.19 bits per heavy atom. The average Bonchev–Trinajstić information content (AvgIpc) is 2.21. The predicted molar refractivity (Wildman–Crippen MR) is 72.3 cm³/mol. The summed E-state index contributed by atoms with van der Waals surface area (Å²) in [6.07, 6.45) is 1.11. The smallest absolute Gasteiger partial charge is 0.0741 e.